The van der Waals surface area contributed by atoms with E-state index in [1.54, 1.807) is 7.11 Å². The van der Waals surface area contributed by atoms with Gasteiger partial charge in [-0.1, -0.05) is 52.7 Å². The van der Waals surface area contributed by atoms with Gasteiger partial charge in [0, 0.05) is 12.6 Å². The number of nitrogens with zero attached hydrogens (tertiary/aromatic N) is 1. The Morgan fingerprint density at radius 3 is 2.40 bits per heavy atom. The molecular weight excluding hydrogens is 306 g/mol. The third-order valence-electron chi connectivity index (χ3n) is 7.38. The van der Waals surface area contributed by atoms with Gasteiger partial charge in [-0.2, -0.15) is 0 Å². The van der Waals surface area contributed by atoms with E-state index in [1.165, 1.54) is 44.2 Å². The zero-order chi connectivity index (χ0) is 18.0. The maximum atomic E-state index is 5.32. The Hall–Kier alpha value is -1.02. The first-order valence-corrected chi connectivity index (χ1v) is 10.3. The van der Waals surface area contributed by atoms with E-state index < -0.39 is 0 Å². The van der Waals surface area contributed by atoms with Crippen molar-refractivity contribution in [2.45, 2.75) is 72.4 Å². The molecule has 2 nitrogen and oxygen atoms in total. The van der Waals surface area contributed by atoms with Crippen LogP contribution in [0.15, 0.2) is 24.3 Å². The molecule has 1 aromatic rings. The van der Waals surface area contributed by atoms with E-state index in [0.717, 1.165) is 36.1 Å². The summed E-state index contributed by atoms with van der Waals surface area (Å²) in [5.74, 6) is 3.62. The van der Waals surface area contributed by atoms with E-state index in [-0.39, 0.29) is 0 Å². The molecule has 4 atom stereocenters. The van der Waals surface area contributed by atoms with Crippen molar-refractivity contribution in [2.24, 2.45) is 23.2 Å². The number of hydrogen-bond acceptors (Lipinski definition) is 2. The number of rotatable bonds is 8. The van der Waals surface area contributed by atoms with Crippen LogP contribution in [0.5, 0.6) is 5.75 Å². The van der Waals surface area contributed by atoms with Crippen LogP contribution in [0.3, 0.4) is 0 Å². The summed E-state index contributed by atoms with van der Waals surface area (Å²) in [6.45, 7) is 12.2. The molecule has 1 aromatic carbocycles. The van der Waals surface area contributed by atoms with Crippen molar-refractivity contribution in [1.29, 1.82) is 0 Å². The van der Waals surface area contributed by atoms with Gasteiger partial charge >= 0.3 is 0 Å². The third kappa shape index (κ3) is 3.74. The number of hydrogen-bond donors (Lipinski definition) is 0. The first-order valence-electron chi connectivity index (χ1n) is 10.3. The van der Waals surface area contributed by atoms with Crippen LogP contribution in [-0.2, 0) is 6.54 Å². The minimum atomic E-state index is 0.575. The molecule has 25 heavy (non-hydrogen) atoms. The van der Waals surface area contributed by atoms with Crippen LogP contribution in [-0.4, -0.2) is 24.6 Å². The summed E-state index contributed by atoms with van der Waals surface area (Å²) < 4.78 is 5.32. The zero-order valence-electron chi connectivity index (χ0n) is 16.9. The summed E-state index contributed by atoms with van der Waals surface area (Å²) in [6, 6.07) is 9.44. The van der Waals surface area contributed by atoms with Crippen LogP contribution < -0.4 is 4.74 Å². The van der Waals surface area contributed by atoms with Gasteiger partial charge in [-0.15, -0.1) is 0 Å². The predicted octanol–water partition coefficient (Wildman–Crippen LogP) is 5.76. The molecule has 4 rings (SSSR count). The van der Waals surface area contributed by atoms with E-state index in [9.17, 15) is 0 Å². The number of fused-ring (bicyclic) bond motifs is 2. The van der Waals surface area contributed by atoms with Crippen molar-refractivity contribution in [3.63, 3.8) is 0 Å². The summed E-state index contributed by atoms with van der Waals surface area (Å²) in [6.07, 6.45) is 6.84. The lowest BCUT2D eigenvalue weighted by Crippen LogP contribution is -2.60. The first-order chi connectivity index (χ1) is 12.0. The Balaban J connectivity index is 1.70. The second-order valence-electron chi connectivity index (χ2n) is 9.05. The monoisotopic (exact) mass is 343 g/mol. The summed E-state index contributed by atoms with van der Waals surface area (Å²) in [5.41, 5.74) is 1.99. The Kier molecular flexibility index (Phi) is 5.78. The Labute approximate surface area is 154 Å². The molecule has 2 heteroatoms. The van der Waals surface area contributed by atoms with Gasteiger partial charge < -0.3 is 4.74 Å². The summed E-state index contributed by atoms with van der Waals surface area (Å²) in [5, 5.41) is 0. The van der Waals surface area contributed by atoms with Crippen LogP contribution in [0.4, 0.5) is 0 Å². The molecular formula is C23H37NO. The molecule has 3 fully saturated rings. The van der Waals surface area contributed by atoms with Gasteiger partial charge in [0.15, 0.2) is 0 Å². The molecule has 0 aromatic heterocycles. The van der Waals surface area contributed by atoms with Crippen molar-refractivity contribution in [1.82, 2.24) is 4.90 Å². The van der Waals surface area contributed by atoms with Gasteiger partial charge in [0.1, 0.15) is 5.75 Å². The van der Waals surface area contributed by atoms with Gasteiger partial charge in [0.2, 0.25) is 0 Å². The predicted molar refractivity (Wildman–Crippen MR) is 106 cm³/mol. The van der Waals surface area contributed by atoms with Crippen molar-refractivity contribution in [3.8, 4) is 5.75 Å². The first kappa shape index (κ1) is 18.8. The lowest BCUT2D eigenvalue weighted by molar-refractivity contribution is -0.140. The minimum Gasteiger partial charge on any atom is -0.497 e. The molecule has 140 valence electrons. The highest BCUT2D eigenvalue weighted by Gasteiger charge is 2.56. The maximum absolute atomic E-state index is 5.32. The van der Waals surface area contributed by atoms with Gasteiger partial charge in [0.05, 0.1) is 7.11 Å². The van der Waals surface area contributed by atoms with Gasteiger partial charge in [-0.05, 0) is 66.7 Å². The number of ether oxygens (including phenoxy) is 1. The van der Waals surface area contributed by atoms with Gasteiger partial charge in [-0.3, -0.25) is 4.90 Å². The maximum Gasteiger partial charge on any atom is 0.118 e. The molecule has 0 amide bonds. The van der Waals surface area contributed by atoms with E-state index in [2.05, 4.69) is 56.9 Å². The molecule has 3 aliphatic rings. The number of unbranched alkanes of at least 4 members (excludes halogenated alkanes) is 2. The molecule has 0 heterocycles. The average molecular weight is 344 g/mol. The summed E-state index contributed by atoms with van der Waals surface area (Å²) in [4.78, 5) is 2.80. The Morgan fingerprint density at radius 1 is 1.12 bits per heavy atom. The highest BCUT2D eigenvalue weighted by Crippen LogP contribution is 2.62. The SMILES string of the molecule is CCCCCN(Cc1ccc(OC)cc1)[C@@H]1CC2C[C@H]([C@H]1C)C2(C)C. The molecule has 0 radical (unpaired) electrons. The largest absolute Gasteiger partial charge is 0.497 e. The summed E-state index contributed by atoms with van der Waals surface area (Å²) >= 11 is 0. The van der Waals surface area contributed by atoms with Gasteiger partial charge in [-0.25, -0.2) is 0 Å². The second-order valence-corrected chi connectivity index (χ2v) is 9.05. The van der Waals surface area contributed by atoms with E-state index in [1.807, 2.05) is 0 Å². The fourth-order valence-corrected chi connectivity index (χ4v) is 5.50. The molecule has 0 aliphatic heterocycles. The van der Waals surface area contributed by atoms with Crippen molar-refractivity contribution < 1.29 is 4.74 Å². The quantitative estimate of drug-likeness (QED) is 0.557. The fourth-order valence-electron chi connectivity index (χ4n) is 5.50. The molecule has 0 spiro atoms. The number of benzene rings is 1. The molecule has 2 bridgehead atoms. The zero-order valence-corrected chi connectivity index (χ0v) is 16.9. The van der Waals surface area contributed by atoms with Crippen LogP contribution in [0.2, 0.25) is 0 Å². The second kappa shape index (κ2) is 7.70. The smallest absolute Gasteiger partial charge is 0.118 e. The van der Waals surface area contributed by atoms with Gasteiger partial charge in [0.25, 0.3) is 0 Å². The van der Waals surface area contributed by atoms with Crippen LogP contribution in [0, 0.1) is 23.2 Å². The standard InChI is InChI=1S/C23H37NO/c1-6-7-8-13-24(16-18-9-11-20(25-5)12-10-18)22-15-19-14-21(17(22)2)23(19,3)4/h9-12,17,19,21-22H,6-8,13-16H2,1-5H3/t17-,19?,21-,22-/m1/s1. The van der Waals surface area contributed by atoms with E-state index in [0.29, 0.717) is 5.41 Å². The minimum absolute atomic E-state index is 0.575. The topological polar surface area (TPSA) is 12.5 Å². The summed E-state index contributed by atoms with van der Waals surface area (Å²) in [7, 11) is 1.74. The lowest BCUT2D eigenvalue weighted by Gasteiger charge is -2.63. The van der Waals surface area contributed by atoms with Crippen molar-refractivity contribution >= 4 is 0 Å². The Morgan fingerprint density at radius 2 is 1.84 bits per heavy atom. The van der Waals surface area contributed by atoms with E-state index >= 15 is 0 Å². The lowest BCUT2D eigenvalue weighted by atomic mass is 9.44. The fraction of sp³-hybridized carbons (Fsp3) is 0.739. The highest BCUT2D eigenvalue weighted by molar-refractivity contribution is 5.27. The third-order valence-corrected chi connectivity index (χ3v) is 7.38. The van der Waals surface area contributed by atoms with E-state index in [4.69, 9.17) is 4.74 Å². The molecule has 3 saturated carbocycles. The van der Waals surface area contributed by atoms with Crippen LogP contribution in [0.25, 0.3) is 0 Å². The van der Waals surface area contributed by atoms with Crippen molar-refractivity contribution in [2.75, 3.05) is 13.7 Å². The number of methoxy groups -OCH3 is 1. The van der Waals surface area contributed by atoms with Crippen molar-refractivity contribution in [3.05, 3.63) is 29.8 Å². The van der Waals surface area contributed by atoms with Crippen LogP contribution in [0.1, 0.15) is 65.4 Å². The molecule has 3 aliphatic carbocycles. The molecule has 0 saturated heterocycles. The van der Waals surface area contributed by atoms with Crippen LogP contribution >= 0.6 is 0 Å². The Bertz CT molecular complexity index is 550. The molecule has 0 N–H and O–H groups in total. The highest BCUT2D eigenvalue weighted by atomic mass is 16.5. The average Bonchev–Trinajstić information content (AvgIpc) is 2.61. The normalized spacial score (nSPS) is 30.2. The molecule has 1 unspecified atom stereocenters.